The van der Waals surface area contributed by atoms with Crippen molar-refractivity contribution in [2.75, 3.05) is 12.4 Å². The Morgan fingerprint density at radius 1 is 1.29 bits per heavy atom. The van der Waals surface area contributed by atoms with Gasteiger partial charge in [-0.25, -0.2) is 14.6 Å². The molecule has 24 heavy (non-hydrogen) atoms. The van der Waals surface area contributed by atoms with Crippen LogP contribution in [0.1, 0.15) is 42.4 Å². The second-order valence-corrected chi connectivity index (χ2v) is 5.64. The number of pyridine rings is 1. The zero-order valence-corrected chi connectivity index (χ0v) is 13.6. The van der Waals surface area contributed by atoms with E-state index in [1.54, 1.807) is 20.8 Å². The number of alkyl halides is 3. The molecule has 0 aliphatic heterocycles. The van der Waals surface area contributed by atoms with Gasteiger partial charge in [0, 0.05) is 0 Å². The molecule has 0 fully saturated rings. The summed E-state index contributed by atoms with van der Waals surface area (Å²) in [5.74, 6) is -1.60. The van der Waals surface area contributed by atoms with Crippen LogP contribution in [0.4, 0.5) is 23.8 Å². The summed E-state index contributed by atoms with van der Waals surface area (Å²) in [6.07, 6.45) is -4.81. The number of hydrogen-bond donors (Lipinski definition) is 1. The van der Waals surface area contributed by atoms with Crippen molar-refractivity contribution < 1.29 is 32.2 Å². The highest BCUT2D eigenvalue weighted by Gasteiger charge is 2.35. The third-order valence-corrected chi connectivity index (χ3v) is 2.57. The highest BCUT2D eigenvalue weighted by molar-refractivity contribution is 6.01. The second-order valence-electron chi connectivity index (χ2n) is 5.64. The van der Waals surface area contributed by atoms with Gasteiger partial charge in [-0.3, -0.25) is 5.32 Å². The molecule has 0 aromatic carbocycles. The maximum Gasteiger partial charge on any atom is 0.433 e. The lowest BCUT2D eigenvalue weighted by atomic mass is 10.1. The van der Waals surface area contributed by atoms with Gasteiger partial charge in [-0.05, 0) is 32.4 Å². The van der Waals surface area contributed by atoms with E-state index in [2.05, 4.69) is 16.3 Å². The molecule has 1 rings (SSSR count). The molecule has 1 N–H and O–H groups in total. The van der Waals surface area contributed by atoms with Crippen LogP contribution >= 0.6 is 0 Å². The second kappa shape index (κ2) is 6.90. The van der Waals surface area contributed by atoms with Gasteiger partial charge >= 0.3 is 18.2 Å². The van der Waals surface area contributed by atoms with Gasteiger partial charge in [0.2, 0.25) is 0 Å². The lowest BCUT2D eigenvalue weighted by Crippen LogP contribution is -2.28. The minimum atomic E-state index is -4.78. The van der Waals surface area contributed by atoms with Crippen LogP contribution in [0.3, 0.4) is 0 Å². The maximum atomic E-state index is 13.0. The van der Waals surface area contributed by atoms with Gasteiger partial charge in [-0.1, -0.05) is 12.7 Å². The van der Waals surface area contributed by atoms with Crippen LogP contribution in [0, 0.1) is 0 Å². The first kappa shape index (κ1) is 19.5. The number of rotatable bonds is 3. The fraction of sp³-hybridized carbons (Fsp3) is 0.400. The van der Waals surface area contributed by atoms with Crippen molar-refractivity contribution in [3.63, 3.8) is 0 Å². The van der Waals surface area contributed by atoms with Crippen molar-refractivity contribution in [1.29, 1.82) is 0 Å². The molecule has 0 saturated heterocycles. The van der Waals surface area contributed by atoms with Crippen molar-refractivity contribution in [2.45, 2.75) is 32.5 Å². The molecule has 6 nitrogen and oxygen atoms in total. The van der Waals surface area contributed by atoms with Crippen LogP contribution in [0.2, 0.25) is 0 Å². The molecule has 1 aromatic heterocycles. The third kappa shape index (κ3) is 4.97. The maximum absolute atomic E-state index is 13.0. The van der Waals surface area contributed by atoms with Gasteiger partial charge in [-0.15, -0.1) is 0 Å². The first-order chi connectivity index (χ1) is 10.9. The van der Waals surface area contributed by atoms with Crippen LogP contribution < -0.4 is 5.32 Å². The minimum Gasteiger partial charge on any atom is -0.465 e. The zero-order valence-electron chi connectivity index (χ0n) is 13.6. The smallest absolute Gasteiger partial charge is 0.433 e. The molecule has 1 amide bonds. The van der Waals surface area contributed by atoms with E-state index in [1.807, 2.05) is 5.32 Å². The Labute approximate surface area is 136 Å². The fourth-order valence-electron chi connectivity index (χ4n) is 1.68. The number of nitrogens with one attached hydrogen (secondary N) is 1. The molecule has 132 valence electrons. The van der Waals surface area contributed by atoms with Crippen molar-refractivity contribution in [2.24, 2.45) is 0 Å². The first-order valence-corrected chi connectivity index (χ1v) is 6.72. The van der Waals surface area contributed by atoms with Gasteiger partial charge in [0.1, 0.15) is 16.9 Å². The Morgan fingerprint density at radius 3 is 2.29 bits per heavy atom. The number of aromatic nitrogens is 1. The molecule has 0 saturated carbocycles. The average molecular weight is 346 g/mol. The van der Waals surface area contributed by atoms with Crippen molar-refractivity contribution in [3.05, 3.63) is 29.5 Å². The van der Waals surface area contributed by atoms with Gasteiger partial charge in [0.25, 0.3) is 0 Å². The number of anilines is 1. The van der Waals surface area contributed by atoms with Crippen molar-refractivity contribution >= 4 is 24.0 Å². The van der Waals surface area contributed by atoms with Crippen LogP contribution in [0.25, 0.3) is 6.08 Å². The highest BCUT2D eigenvalue weighted by atomic mass is 19.4. The van der Waals surface area contributed by atoms with E-state index in [9.17, 15) is 22.8 Å². The van der Waals surface area contributed by atoms with E-state index in [1.165, 1.54) is 0 Å². The molecule has 0 aliphatic rings. The number of carbonyl (C=O) groups excluding carboxylic acids is 2. The first-order valence-electron chi connectivity index (χ1n) is 6.72. The number of ether oxygens (including phenoxy) is 2. The summed E-state index contributed by atoms with van der Waals surface area (Å²) in [5.41, 5.74) is -2.73. The molecule has 1 aromatic rings. The van der Waals surface area contributed by atoms with Crippen LogP contribution in [0.15, 0.2) is 12.6 Å². The van der Waals surface area contributed by atoms with E-state index in [0.29, 0.717) is 6.07 Å². The number of carbonyl (C=O) groups is 2. The van der Waals surface area contributed by atoms with E-state index < -0.39 is 35.4 Å². The Bertz CT molecular complexity index is 664. The van der Waals surface area contributed by atoms with E-state index in [0.717, 1.165) is 13.2 Å². The largest absolute Gasteiger partial charge is 0.465 e. The SMILES string of the molecule is C=Cc1cc(C(F)(F)F)nc(NC(=O)OC(C)(C)C)c1C(=O)OC. The molecule has 1 heterocycles. The number of nitrogens with zero attached hydrogens (tertiary/aromatic N) is 1. The number of methoxy groups -OCH3 is 1. The van der Waals surface area contributed by atoms with Gasteiger partial charge < -0.3 is 9.47 Å². The zero-order chi connectivity index (χ0) is 18.7. The van der Waals surface area contributed by atoms with Crippen LogP contribution in [-0.2, 0) is 15.7 Å². The van der Waals surface area contributed by atoms with Crippen LogP contribution in [-0.4, -0.2) is 29.8 Å². The normalized spacial score (nSPS) is 11.6. The highest BCUT2D eigenvalue weighted by Crippen LogP contribution is 2.32. The van der Waals surface area contributed by atoms with Gasteiger partial charge in [-0.2, -0.15) is 13.2 Å². The Kier molecular flexibility index (Phi) is 5.59. The third-order valence-electron chi connectivity index (χ3n) is 2.57. The average Bonchev–Trinajstić information content (AvgIpc) is 2.42. The quantitative estimate of drug-likeness (QED) is 0.841. The molecule has 0 aliphatic carbocycles. The molecule has 0 bridgehead atoms. The molecule has 0 radical (unpaired) electrons. The number of halogens is 3. The summed E-state index contributed by atoms with van der Waals surface area (Å²) < 4.78 is 48.3. The fourth-order valence-corrected chi connectivity index (χ4v) is 1.68. The minimum absolute atomic E-state index is 0.185. The molecule has 0 spiro atoms. The van der Waals surface area contributed by atoms with Gasteiger partial charge in [0.05, 0.1) is 7.11 Å². The van der Waals surface area contributed by atoms with Crippen molar-refractivity contribution in [1.82, 2.24) is 4.98 Å². The summed E-state index contributed by atoms with van der Waals surface area (Å²) >= 11 is 0. The Hall–Kier alpha value is -2.58. The molecule has 0 unspecified atom stereocenters. The van der Waals surface area contributed by atoms with E-state index in [4.69, 9.17) is 4.74 Å². The van der Waals surface area contributed by atoms with Crippen LogP contribution in [0.5, 0.6) is 0 Å². The molecule has 9 heteroatoms. The predicted octanol–water partition coefficient (Wildman–Crippen LogP) is 3.88. The number of amides is 1. The monoisotopic (exact) mass is 346 g/mol. The van der Waals surface area contributed by atoms with Crippen molar-refractivity contribution in [3.8, 4) is 0 Å². The predicted molar refractivity (Wildman–Crippen MR) is 80.5 cm³/mol. The summed E-state index contributed by atoms with van der Waals surface area (Å²) in [7, 11) is 1.05. The lowest BCUT2D eigenvalue weighted by molar-refractivity contribution is -0.141. The summed E-state index contributed by atoms with van der Waals surface area (Å²) in [5, 5.41) is 2.05. The Balaban J connectivity index is 3.44. The topological polar surface area (TPSA) is 77.5 Å². The standard InChI is InChI=1S/C15H17F3N2O4/c1-6-8-7-9(15(16,17)18)19-11(10(8)12(21)23-5)20-13(22)24-14(2,3)4/h6-7H,1H2,2-5H3,(H,19,20,22). The molecular weight excluding hydrogens is 329 g/mol. The summed E-state index contributed by atoms with van der Waals surface area (Å²) in [4.78, 5) is 27.0. The van der Waals surface area contributed by atoms with Gasteiger partial charge in [0.15, 0.2) is 5.82 Å². The number of hydrogen-bond acceptors (Lipinski definition) is 5. The summed E-state index contributed by atoms with van der Waals surface area (Å²) in [6.45, 7) is 8.08. The lowest BCUT2D eigenvalue weighted by Gasteiger charge is -2.20. The summed E-state index contributed by atoms with van der Waals surface area (Å²) in [6, 6.07) is 0.638. The molecule has 0 atom stereocenters. The molecular formula is C15H17F3N2O4. The van der Waals surface area contributed by atoms with E-state index in [-0.39, 0.29) is 11.1 Å². The number of esters is 1. The Morgan fingerprint density at radius 2 is 1.88 bits per heavy atom. The van der Waals surface area contributed by atoms with E-state index >= 15 is 0 Å².